The Kier molecular flexibility index (Phi) is 5.69. The molecule has 2 fully saturated rings. The van der Waals surface area contributed by atoms with E-state index >= 15 is 0 Å². The highest BCUT2D eigenvalue weighted by Crippen LogP contribution is 2.52. The summed E-state index contributed by atoms with van der Waals surface area (Å²) >= 11 is 0. The van der Waals surface area contributed by atoms with Crippen LogP contribution in [0.1, 0.15) is 66.6 Å². The molecule has 2 aliphatic carbocycles. The second kappa shape index (κ2) is 8.87. The van der Waals surface area contributed by atoms with E-state index in [1.807, 2.05) is 18.2 Å². The van der Waals surface area contributed by atoms with Crippen LogP contribution in [0.15, 0.2) is 83.9 Å². The Balaban J connectivity index is 1.45. The highest BCUT2D eigenvalue weighted by molar-refractivity contribution is 6.14. The first-order valence-corrected chi connectivity index (χ1v) is 13.2. The fourth-order valence-corrected chi connectivity index (χ4v) is 6.63. The Hall–Kier alpha value is -3.04. The molecule has 3 nitrogen and oxygen atoms in total. The molecule has 1 saturated carbocycles. The van der Waals surface area contributed by atoms with Crippen molar-refractivity contribution in [3.8, 4) is 0 Å². The second-order valence-electron chi connectivity index (χ2n) is 10.7. The summed E-state index contributed by atoms with van der Waals surface area (Å²) in [5.74, 6) is 1.44. The van der Waals surface area contributed by atoms with Gasteiger partial charge in [0.05, 0.1) is 17.4 Å². The van der Waals surface area contributed by atoms with Crippen LogP contribution in [0.3, 0.4) is 0 Å². The Bertz CT molecular complexity index is 1220. The fraction of sp³-hybridized carbons (Fsp3) is 0.375. The molecule has 0 amide bonds. The number of hydrogen-bond donors (Lipinski definition) is 0. The minimum absolute atomic E-state index is 0.0235. The number of ketones is 1. The van der Waals surface area contributed by atoms with Crippen LogP contribution < -0.4 is 0 Å². The number of nitrogens with zero attached hydrogens (tertiary/aromatic N) is 2. The molecule has 6 rings (SSSR count). The van der Waals surface area contributed by atoms with Crippen molar-refractivity contribution in [2.75, 3.05) is 13.1 Å². The van der Waals surface area contributed by atoms with E-state index in [1.165, 1.54) is 18.4 Å². The van der Waals surface area contributed by atoms with Gasteiger partial charge in [-0.2, -0.15) is 0 Å². The number of carbonyl (C=O) groups is 1. The zero-order valence-electron chi connectivity index (χ0n) is 20.8. The van der Waals surface area contributed by atoms with E-state index in [9.17, 15) is 4.79 Å². The number of rotatable bonds is 6. The summed E-state index contributed by atoms with van der Waals surface area (Å²) in [6, 6.07) is 27.1. The first kappa shape index (κ1) is 22.4. The molecule has 3 atom stereocenters. The molecule has 0 radical (unpaired) electrons. The Labute approximate surface area is 208 Å². The molecule has 0 spiro atoms. The van der Waals surface area contributed by atoms with E-state index < -0.39 is 0 Å². The van der Waals surface area contributed by atoms with Crippen molar-refractivity contribution >= 4 is 17.2 Å². The maximum Gasteiger partial charge on any atom is 0.180 e. The number of fused-ring (bicyclic) bond motifs is 4. The number of benzene rings is 3. The molecule has 178 valence electrons. The number of aliphatic imine (C=N–C) groups is 1. The summed E-state index contributed by atoms with van der Waals surface area (Å²) in [6.45, 7) is 6.75. The van der Waals surface area contributed by atoms with Crippen LogP contribution in [-0.4, -0.2) is 35.5 Å². The summed E-state index contributed by atoms with van der Waals surface area (Å²) in [6.07, 6.45) is 4.83. The molecule has 0 unspecified atom stereocenters. The molecule has 1 aliphatic heterocycles. The Morgan fingerprint density at radius 3 is 2.23 bits per heavy atom. The van der Waals surface area contributed by atoms with Crippen molar-refractivity contribution in [3.05, 3.63) is 101 Å². The van der Waals surface area contributed by atoms with Crippen LogP contribution in [0.2, 0.25) is 0 Å². The topological polar surface area (TPSA) is 32.7 Å². The summed E-state index contributed by atoms with van der Waals surface area (Å²) in [4.78, 5) is 21.5. The van der Waals surface area contributed by atoms with E-state index in [4.69, 9.17) is 4.99 Å². The average molecular weight is 463 g/mol. The largest absolute Gasteiger partial charge is 0.293 e. The second-order valence-corrected chi connectivity index (χ2v) is 10.7. The van der Waals surface area contributed by atoms with Gasteiger partial charge in [0.1, 0.15) is 0 Å². The monoisotopic (exact) mass is 462 g/mol. The van der Waals surface area contributed by atoms with Crippen LogP contribution in [-0.2, 0) is 5.41 Å². The zero-order valence-corrected chi connectivity index (χ0v) is 20.8. The molecule has 3 heteroatoms. The van der Waals surface area contributed by atoms with E-state index in [0.717, 1.165) is 59.9 Å². The van der Waals surface area contributed by atoms with Crippen molar-refractivity contribution < 1.29 is 4.79 Å². The summed E-state index contributed by atoms with van der Waals surface area (Å²) in [5.41, 5.74) is 6.28. The van der Waals surface area contributed by atoms with E-state index in [-0.39, 0.29) is 11.5 Å². The number of piperidine rings is 1. The predicted molar refractivity (Wildman–Crippen MR) is 143 cm³/mol. The zero-order chi connectivity index (χ0) is 24.0. The van der Waals surface area contributed by atoms with Crippen molar-refractivity contribution in [3.63, 3.8) is 0 Å². The predicted octanol–water partition coefficient (Wildman–Crippen LogP) is 6.82. The van der Waals surface area contributed by atoms with E-state index in [0.29, 0.717) is 11.7 Å². The standard InChI is InChI=1S/C32H34N2O/c1-3-32-18-19-34(21-23-14-15-23)30(22(32)2)31(35)27-17-16-26(20-28(27)32)33-29(24-10-6-4-7-11-24)25-12-8-5-9-13-25/h4-13,16-17,20,22-23,30H,3,14-15,18-19,21H2,1-2H3/t22-,30-,32+/m0/s1. The minimum atomic E-state index is 0.0235. The molecular weight excluding hydrogens is 428 g/mol. The lowest BCUT2D eigenvalue weighted by molar-refractivity contribution is 0.0197. The first-order chi connectivity index (χ1) is 17.1. The molecule has 3 aliphatic rings. The van der Waals surface area contributed by atoms with Gasteiger partial charge < -0.3 is 0 Å². The van der Waals surface area contributed by atoms with Gasteiger partial charge in [-0.25, -0.2) is 4.99 Å². The van der Waals surface area contributed by atoms with Gasteiger partial charge in [0.15, 0.2) is 5.78 Å². The number of Topliss-reactive ketones (excluding diaryl/α,β-unsaturated/α-hetero) is 1. The summed E-state index contributed by atoms with van der Waals surface area (Å²) < 4.78 is 0. The maximum absolute atomic E-state index is 13.8. The van der Waals surface area contributed by atoms with Gasteiger partial charge in [-0.05, 0) is 67.8 Å². The quantitative estimate of drug-likeness (QED) is 0.377. The lowest BCUT2D eigenvalue weighted by Gasteiger charge is -2.55. The molecule has 3 aromatic carbocycles. The molecule has 2 bridgehead atoms. The molecule has 1 heterocycles. The van der Waals surface area contributed by atoms with Crippen molar-refractivity contribution in [1.82, 2.24) is 4.90 Å². The summed E-state index contributed by atoms with van der Waals surface area (Å²) in [7, 11) is 0. The van der Waals surface area contributed by atoms with Crippen molar-refractivity contribution in [1.29, 1.82) is 0 Å². The maximum atomic E-state index is 13.8. The van der Waals surface area contributed by atoms with Crippen LogP contribution >= 0.6 is 0 Å². The highest BCUT2D eigenvalue weighted by Gasteiger charge is 2.54. The Morgan fingerprint density at radius 2 is 1.63 bits per heavy atom. The molecular formula is C32H34N2O. The van der Waals surface area contributed by atoms with E-state index in [1.54, 1.807) is 0 Å². The number of likely N-dealkylation sites (tertiary alicyclic amines) is 1. The number of hydrogen-bond acceptors (Lipinski definition) is 3. The number of carbonyl (C=O) groups excluding carboxylic acids is 1. The molecule has 35 heavy (non-hydrogen) atoms. The van der Waals surface area contributed by atoms with Gasteiger partial charge >= 0.3 is 0 Å². The molecule has 1 saturated heterocycles. The van der Waals surface area contributed by atoms with Crippen LogP contribution in [0, 0.1) is 11.8 Å². The lowest BCUT2D eigenvalue weighted by atomic mass is 9.56. The van der Waals surface area contributed by atoms with Gasteiger partial charge in [0.2, 0.25) is 0 Å². The van der Waals surface area contributed by atoms with Crippen molar-refractivity contribution in [2.24, 2.45) is 16.8 Å². The third-order valence-electron chi connectivity index (χ3n) is 8.81. The van der Waals surface area contributed by atoms with E-state index in [2.05, 4.69) is 79.4 Å². The fourth-order valence-electron chi connectivity index (χ4n) is 6.63. The van der Waals surface area contributed by atoms with Gasteiger partial charge in [-0.15, -0.1) is 0 Å². The SMILES string of the molecule is CC[C@]12CCN(CC3CC3)[C@H](C(=O)c3ccc(N=C(c4ccccc4)c4ccccc4)cc31)[C@@H]2C. The summed E-state index contributed by atoms with van der Waals surface area (Å²) in [5, 5.41) is 0. The molecule has 3 aromatic rings. The molecule has 0 aromatic heterocycles. The van der Waals surface area contributed by atoms with Gasteiger partial charge in [0, 0.05) is 28.7 Å². The van der Waals surface area contributed by atoms with Gasteiger partial charge in [-0.3, -0.25) is 9.69 Å². The minimum Gasteiger partial charge on any atom is -0.293 e. The smallest absolute Gasteiger partial charge is 0.180 e. The normalized spacial score (nSPS) is 25.7. The third-order valence-corrected chi connectivity index (χ3v) is 8.81. The average Bonchev–Trinajstić information content (AvgIpc) is 3.72. The van der Waals surface area contributed by atoms with Crippen LogP contribution in [0.5, 0.6) is 0 Å². The van der Waals surface area contributed by atoms with Crippen molar-refractivity contribution in [2.45, 2.75) is 51.0 Å². The van der Waals surface area contributed by atoms with Crippen LogP contribution in [0.25, 0.3) is 0 Å². The van der Waals surface area contributed by atoms with Gasteiger partial charge in [-0.1, -0.05) is 74.5 Å². The third kappa shape index (κ3) is 3.87. The first-order valence-electron chi connectivity index (χ1n) is 13.2. The molecule has 0 N–H and O–H groups in total. The highest BCUT2D eigenvalue weighted by atomic mass is 16.1. The van der Waals surface area contributed by atoms with Gasteiger partial charge in [0.25, 0.3) is 0 Å². The van der Waals surface area contributed by atoms with Crippen LogP contribution in [0.4, 0.5) is 5.69 Å². The Morgan fingerprint density at radius 1 is 0.971 bits per heavy atom. The lowest BCUT2D eigenvalue weighted by Crippen LogP contribution is -2.61.